The Morgan fingerprint density at radius 3 is 1.87 bits per heavy atom. The fourth-order valence-corrected chi connectivity index (χ4v) is 3.97. The number of aromatic nitrogens is 1. The van der Waals surface area contributed by atoms with Crippen LogP contribution in [0, 0.1) is 0 Å². The molecule has 0 bridgehead atoms. The van der Waals surface area contributed by atoms with Gasteiger partial charge in [0.25, 0.3) is 0 Å². The SMILES string of the molecule is COc1ccc(-c2c[n+](C)c3cc(OC)c(OC)cc3c2-c2ccccc2)cc1OC. The molecule has 1 aromatic heterocycles. The summed E-state index contributed by atoms with van der Waals surface area (Å²) in [6.45, 7) is 0. The van der Waals surface area contributed by atoms with Crippen molar-refractivity contribution in [3.63, 3.8) is 0 Å². The van der Waals surface area contributed by atoms with Crippen molar-refractivity contribution in [3.8, 4) is 45.3 Å². The lowest BCUT2D eigenvalue weighted by Gasteiger charge is -2.16. The molecule has 0 atom stereocenters. The summed E-state index contributed by atoms with van der Waals surface area (Å²) >= 11 is 0. The van der Waals surface area contributed by atoms with E-state index in [1.54, 1.807) is 28.4 Å². The van der Waals surface area contributed by atoms with Gasteiger partial charge in [0, 0.05) is 5.56 Å². The molecule has 158 valence electrons. The Morgan fingerprint density at radius 1 is 0.613 bits per heavy atom. The van der Waals surface area contributed by atoms with Crippen LogP contribution in [0.1, 0.15) is 0 Å². The van der Waals surface area contributed by atoms with Crippen LogP contribution in [0.15, 0.2) is 66.9 Å². The summed E-state index contributed by atoms with van der Waals surface area (Å²) in [5, 5.41) is 1.07. The molecule has 0 aliphatic rings. The number of aryl methyl sites for hydroxylation is 1. The van der Waals surface area contributed by atoms with Crippen LogP contribution in [0.2, 0.25) is 0 Å². The zero-order valence-corrected chi connectivity index (χ0v) is 18.4. The van der Waals surface area contributed by atoms with Crippen LogP contribution in [0.3, 0.4) is 0 Å². The van der Waals surface area contributed by atoms with E-state index in [9.17, 15) is 0 Å². The molecule has 0 fully saturated rings. The van der Waals surface area contributed by atoms with Crippen LogP contribution in [0.25, 0.3) is 33.2 Å². The van der Waals surface area contributed by atoms with Crippen LogP contribution in [-0.4, -0.2) is 28.4 Å². The lowest BCUT2D eigenvalue weighted by atomic mass is 9.92. The van der Waals surface area contributed by atoms with Crippen LogP contribution in [0.4, 0.5) is 0 Å². The molecule has 1 heterocycles. The molecule has 5 heteroatoms. The fraction of sp³-hybridized carbons (Fsp3) is 0.192. The number of nitrogens with zero attached hydrogens (tertiary/aromatic N) is 1. The van der Waals surface area contributed by atoms with Crippen LogP contribution in [-0.2, 0) is 7.05 Å². The molecule has 0 saturated carbocycles. The van der Waals surface area contributed by atoms with E-state index in [1.165, 1.54) is 0 Å². The minimum absolute atomic E-state index is 0.689. The second-order valence-corrected chi connectivity index (χ2v) is 7.19. The third kappa shape index (κ3) is 3.63. The Balaban J connectivity index is 2.10. The molecule has 0 radical (unpaired) electrons. The van der Waals surface area contributed by atoms with Gasteiger partial charge in [-0.3, -0.25) is 0 Å². The molecule has 0 spiro atoms. The molecule has 3 aromatic carbocycles. The third-order valence-electron chi connectivity index (χ3n) is 5.50. The topological polar surface area (TPSA) is 40.8 Å². The van der Waals surface area contributed by atoms with E-state index in [1.807, 2.05) is 49.5 Å². The molecule has 0 N–H and O–H groups in total. The van der Waals surface area contributed by atoms with E-state index >= 15 is 0 Å². The lowest BCUT2D eigenvalue weighted by Crippen LogP contribution is -2.29. The van der Waals surface area contributed by atoms with Crippen LogP contribution in [0.5, 0.6) is 23.0 Å². The first kappa shape index (κ1) is 20.5. The van der Waals surface area contributed by atoms with Gasteiger partial charge in [-0.25, -0.2) is 4.57 Å². The zero-order chi connectivity index (χ0) is 22.0. The van der Waals surface area contributed by atoms with E-state index in [2.05, 4.69) is 29.0 Å². The Morgan fingerprint density at radius 2 is 1.23 bits per heavy atom. The van der Waals surface area contributed by atoms with Gasteiger partial charge in [-0.15, -0.1) is 0 Å². The van der Waals surface area contributed by atoms with Crippen molar-refractivity contribution in [3.05, 3.63) is 66.9 Å². The standard InChI is InChI=1S/C26H26NO4/c1-27-16-20(18-11-12-22(28-2)23(13-18)29-3)26(17-9-7-6-8-10-17)19-14-24(30-4)25(31-5)15-21(19)27/h6-16H,1-5H3/q+1. The van der Waals surface area contributed by atoms with Crippen molar-refractivity contribution in [2.45, 2.75) is 0 Å². The molecule has 4 aromatic rings. The molecule has 5 nitrogen and oxygen atoms in total. The lowest BCUT2D eigenvalue weighted by molar-refractivity contribution is -0.644. The Bertz CT molecular complexity index is 1240. The van der Waals surface area contributed by atoms with Crippen molar-refractivity contribution in [2.24, 2.45) is 7.05 Å². The zero-order valence-electron chi connectivity index (χ0n) is 18.4. The summed E-state index contributed by atoms with van der Waals surface area (Å²) < 4.78 is 24.3. The highest BCUT2D eigenvalue weighted by Crippen LogP contribution is 2.42. The molecule has 4 rings (SSSR count). The van der Waals surface area contributed by atoms with Gasteiger partial charge in [-0.05, 0) is 29.3 Å². The van der Waals surface area contributed by atoms with Crippen LogP contribution >= 0.6 is 0 Å². The Labute approximate surface area is 182 Å². The maximum atomic E-state index is 5.62. The number of ether oxygens (including phenoxy) is 4. The van der Waals surface area contributed by atoms with Gasteiger partial charge in [0.05, 0.1) is 45.5 Å². The molecular formula is C26H26NO4+. The normalized spacial score (nSPS) is 10.7. The molecular weight excluding hydrogens is 390 g/mol. The van der Waals surface area contributed by atoms with Gasteiger partial charge in [-0.2, -0.15) is 0 Å². The number of methoxy groups -OCH3 is 4. The average molecular weight is 416 g/mol. The molecule has 0 amide bonds. The van der Waals surface area contributed by atoms with Gasteiger partial charge in [0.15, 0.2) is 29.2 Å². The molecule has 0 unspecified atom stereocenters. The fourth-order valence-electron chi connectivity index (χ4n) is 3.97. The van der Waals surface area contributed by atoms with Gasteiger partial charge in [0.2, 0.25) is 5.52 Å². The van der Waals surface area contributed by atoms with E-state index in [4.69, 9.17) is 18.9 Å². The van der Waals surface area contributed by atoms with Gasteiger partial charge < -0.3 is 18.9 Å². The highest BCUT2D eigenvalue weighted by atomic mass is 16.5. The molecule has 0 aliphatic carbocycles. The van der Waals surface area contributed by atoms with E-state index < -0.39 is 0 Å². The second-order valence-electron chi connectivity index (χ2n) is 7.19. The first-order valence-electron chi connectivity index (χ1n) is 9.97. The van der Waals surface area contributed by atoms with Gasteiger partial charge >= 0.3 is 0 Å². The summed E-state index contributed by atoms with van der Waals surface area (Å²) in [6.07, 6.45) is 2.14. The number of pyridine rings is 1. The number of rotatable bonds is 6. The largest absolute Gasteiger partial charge is 0.493 e. The van der Waals surface area contributed by atoms with Crippen molar-refractivity contribution >= 4 is 10.9 Å². The van der Waals surface area contributed by atoms with Gasteiger partial charge in [0.1, 0.15) is 7.05 Å². The molecule has 0 aliphatic heterocycles. The predicted molar refractivity (Wildman–Crippen MR) is 122 cm³/mol. The number of hydrogen-bond donors (Lipinski definition) is 0. The third-order valence-corrected chi connectivity index (χ3v) is 5.50. The highest BCUT2D eigenvalue weighted by Gasteiger charge is 2.22. The highest BCUT2D eigenvalue weighted by molar-refractivity contribution is 6.02. The Kier molecular flexibility index (Phi) is 5.67. The maximum absolute atomic E-state index is 5.62. The smallest absolute Gasteiger partial charge is 0.216 e. The maximum Gasteiger partial charge on any atom is 0.216 e. The molecule has 0 saturated heterocycles. The minimum atomic E-state index is 0.689. The minimum Gasteiger partial charge on any atom is -0.493 e. The summed E-state index contributed by atoms with van der Waals surface area (Å²) in [4.78, 5) is 0. The number of benzene rings is 3. The number of hydrogen-bond acceptors (Lipinski definition) is 4. The monoisotopic (exact) mass is 416 g/mol. The average Bonchev–Trinajstić information content (AvgIpc) is 2.83. The summed E-state index contributed by atoms with van der Waals surface area (Å²) in [5.74, 6) is 2.78. The quantitative estimate of drug-likeness (QED) is 0.413. The van der Waals surface area contributed by atoms with E-state index in [0.29, 0.717) is 23.0 Å². The van der Waals surface area contributed by atoms with Crippen LogP contribution < -0.4 is 23.5 Å². The van der Waals surface area contributed by atoms with Gasteiger partial charge in [-0.1, -0.05) is 36.4 Å². The molecule has 31 heavy (non-hydrogen) atoms. The predicted octanol–water partition coefficient (Wildman–Crippen LogP) is 5.03. The van der Waals surface area contributed by atoms with E-state index in [-0.39, 0.29) is 0 Å². The second kappa shape index (κ2) is 8.56. The van der Waals surface area contributed by atoms with E-state index in [0.717, 1.165) is 33.2 Å². The van der Waals surface area contributed by atoms with Crippen molar-refractivity contribution in [1.82, 2.24) is 0 Å². The first-order valence-corrected chi connectivity index (χ1v) is 9.97. The summed E-state index contributed by atoms with van der Waals surface area (Å²) in [6, 6.07) is 20.4. The summed E-state index contributed by atoms with van der Waals surface area (Å²) in [5.41, 5.74) is 5.38. The Hall–Kier alpha value is -3.73. The number of fused-ring (bicyclic) bond motifs is 1. The summed E-state index contributed by atoms with van der Waals surface area (Å²) in [7, 11) is 8.64. The van der Waals surface area contributed by atoms with Crippen molar-refractivity contribution in [1.29, 1.82) is 0 Å². The van der Waals surface area contributed by atoms with Crippen molar-refractivity contribution in [2.75, 3.05) is 28.4 Å². The first-order chi connectivity index (χ1) is 15.1. The van der Waals surface area contributed by atoms with Crippen molar-refractivity contribution < 1.29 is 23.5 Å².